The summed E-state index contributed by atoms with van der Waals surface area (Å²) in [6, 6.07) is 2.73. The van der Waals surface area contributed by atoms with Crippen LogP contribution in [0.4, 0.5) is 4.39 Å². The zero-order valence-electron chi connectivity index (χ0n) is 15.1. The molecule has 0 N–H and O–H groups in total. The highest BCUT2D eigenvalue weighted by atomic mass is 19.1. The molecular formula is C21H25FO2. The van der Waals surface area contributed by atoms with Gasteiger partial charge in [-0.3, -0.25) is 4.79 Å². The first-order valence-corrected chi connectivity index (χ1v) is 8.31. The number of rotatable bonds is 5. The summed E-state index contributed by atoms with van der Waals surface area (Å²) < 4.78 is 19.5. The van der Waals surface area contributed by atoms with Gasteiger partial charge in [-0.05, 0) is 65.5 Å². The van der Waals surface area contributed by atoms with Crippen LogP contribution in [0, 0.1) is 19.7 Å². The molecule has 3 heteroatoms. The number of benzene rings is 1. The number of hydrogen-bond acceptors (Lipinski definition) is 2. The third kappa shape index (κ3) is 4.22. The van der Waals surface area contributed by atoms with Crippen molar-refractivity contribution in [1.29, 1.82) is 0 Å². The average molecular weight is 328 g/mol. The van der Waals surface area contributed by atoms with Gasteiger partial charge in [0.05, 0.1) is 5.39 Å². The Hall–Kier alpha value is -2.16. The van der Waals surface area contributed by atoms with E-state index in [0.717, 1.165) is 12.8 Å². The standard InChI is InChI=1S/C21H25FO2/c1-13(2)7-6-8-14(3)9-10-17-11-18(22)12-19-20(17)21(23)15(4)16(5)24-19/h7,9,11-12H,6,8,10H2,1-5H3/b14-9+. The van der Waals surface area contributed by atoms with E-state index in [0.29, 0.717) is 34.3 Å². The molecule has 0 aliphatic heterocycles. The van der Waals surface area contributed by atoms with Crippen LogP contribution < -0.4 is 5.43 Å². The minimum atomic E-state index is -0.375. The number of aryl methyl sites for hydroxylation is 1. The highest BCUT2D eigenvalue weighted by Crippen LogP contribution is 2.22. The molecule has 0 unspecified atom stereocenters. The van der Waals surface area contributed by atoms with Crippen LogP contribution in [0.5, 0.6) is 0 Å². The smallest absolute Gasteiger partial charge is 0.196 e. The van der Waals surface area contributed by atoms with E-state index in [1.54, 1.807) is 13.8 Å². The summed E-state index contributed by atoms with van der Waals surface area (Å²) in [4.78, 5) is 12.6. The van der Waals surface area contributed by atoms with E-state index in [4.69, 9.17) is 4.42 Å². The van der Waals surface area contributed by atoms with Gasteiger partial charge >= 0.3 is 0 Å². The van der Waals surface area contributed by atoms with Crippen LogP contribution in [-0.4, -0.2) is 0 Å². The van der Waals surface area contributed by atoms with Gasteiger partial charge in [0, 0.05) is 11.6 Å². The van der Waals surface area contributed by atoms with Crippen LogP contribution in [-0.2, 0) is 6.42 Å². The van der Waals surface area contributed by atoms with E-state index in [-0.39, 0.29) is 11.2 Å². The molecule has 0 saturated heterocycles. The minimum Gasteiger partial charge on any atom is -0.461 e. The van der Waals surface area contributed by atoms with Gasteiger partial charge in [-0.2, -0.15) is 0 Å². The number of fused-ring (bicyclic) bond motifs is 1. The van der Waals surface area contributed by atoms with Crippen molar-refractivity contribution in [3.05, 3.63) is 68.4 Å². The van der Waals surface area contributed by atoms with Crippen molar-refractivity contribution in [1.82, 2.24) is 0 Å². The molecule has 24 heavy (non-hydrogen) atoms. The third-order valence-electron chi connectivity index (χ3n) is 4.27. The maximum absolute atomic E-state index is 13.9. The third-order valence-corrected chi connectivity index (χ3v) is 4.27. The largest absolute Gasteiger partial charge is 0.461 e. The molecule has 1 aromatic heterocycles. The molecule has 2 aromatic rings. The van der Waals surface area contributed by atoms with E-state index in [1.807, 2.05) is 0 Å². The lowest BCUT2D eigenvalue weighted by Crippen LogP contribution is -2.10. The second-order valence-corrected chi connectivity index (χ2v) is 6.63. The molecule has 0 bridgehead atoms. The predicted octanol–water partition coefficient (Wildman–Crippen LogP) is 5.78. The van der Waals surface area contributed by atoms with Crippen molar-refractivity contribution in [2.75, 3.05) is 0 Å². The Kier molecular flexibility index (Phi) is 5.76. The second-order valence-electron chi connectivity index (χ2n) is 6.63. The van der Waals surface area contributed by atoms with Gasteiger partial charge in [-0.1, -0.05) is 23.3 Å². The van der Waals surface area contributed by atoms with Gasteiger partial charge < -0.3 is 4.42 Å². The van der Waals surface area contributed by atoms with Crippen LogP contribution in [0.3, 0.4) is 0 Å². The predicted molar refractivity (Wildman–Crippen MR) is 98.0 cm³/mol. The fraction of sp³-hybridized carbons (Fsp3) is 0.381. The molecule has 1 aromatic carbocycles. The van der Waals surface area contributed by atoms with Gasteiger partial charge in [0.2, 0.25) is 0 Å². The highest BCUT2D eigenvalue weighted by molar-refractivity contribution is 5.81. The first kappa shape index (κ1) is 18.2. The summed E-state index contributed by atoms with van der Waals surface area (Å²) in [6.45, 7) is 9.71. The maximum atomic E-state index is 13.9. The lowest BCUT2D eigenvalue weighted by atomic mass is 10.0. The lowest BCUT2D eigenvalue weighted by Gasteiger charge is -2.08. The fourth-order valence-corrected chi connectivity index (χ4v) is 2.70. The summed E-state index contributed by atoms with van der Waals surface area (Å²) >= 11 is 0. The Balaban J connectivity index is 2.37. The summed E-state index contributed by atoms with van der Waals surface area (Å²) in [5.74, 6) is 0.164. The van der Waals surface area contributed by atoms with Crippen LogP contribution in [0.25, 0.3) is 11.0 Å². The maximum Gasteiger partial charge on any atom is 0.196 e. The molecule has 0 aliphatic carbocycles. The average Bonchev–Trinajstić information content (AvgIpc) is 2.49. The summed E-state index contributed by atoms with van der Waals surface area (Å²) in [7, 11) is 0. The number of halogens is 1. The van der Waals surface area contributed by atoms with E-state index in [2.05, 4.69) is 32.9 Å². The van der Waals surface area contributed by atoms with Crippen molar-refractivity contribution in [2.24, 2.45) is 0 Å². The zero-order valence-corrected chi connectivity index (χ0v) is 15.1. The van der Waals surface area contributed by atoms with Gasteiger partial charge in [-0.15, -0.1) is 0 Å². The number of allylic oxidation sites excluding steroid dienone is 4. The van der Waals surface area contributed by atoms with Crippen molar-refractivity contribution in [3.63, 3.8) is 0 Å². The van der Waals surface area contributed by atoms with Crippen molar-refractivity contribution >= 4 is 11.0 Å². The molecule has 0 saturated carbocycles. The molecule has 0 radical (unpaired) electrons. The fourth-order valence-electron chi connectivity index (χ4n) is 2.70. The van der Waals surface area contributed by atoms with Gasteiger partial charge in [-0.25, -0.2) is 4.39 Å². The highest BCUT2D eigenvalue weighted by Gasteiger charge is 2.13. The molecule has 128 valence electrons. The summed E-state index contributed by atoms with van der Waals surface area (Å²) in [6.07, 6.45) is 6.76. The Labute approximate surface area is 142 Å². The van der Waals surface area contributed by atoms with Crippen molar-refractivity contribution in [3.8, 4) is 0 Å². The first-order chi connectivity index (χ1) is 11.3. The van der Waals surface area contributed by atoms with Gasteiger partial charge in [0.1, 0.15) is 17.2 Å². The number of hydrogen-bond donors (Lipinski definition) is 0. The van der Waals surface area contributed by atoms with E-state index >= 15 is 0 Å². The first-order valence-electron chi connectivity index (χ1n) is 8.31. The Morgan fingerprint density at radius 1 is 1.17 bits per heavy atom. The summed E-state index contributed by atoms with van der Waals surface area (Å²) in [5, 5.41) is 0.493. The normalized spacial score (nSPS) is 11.8. The molecular weight excluding hydrogens is 303 g/mol. The SMILES string of the molecule is CC(C)=CCC/C(C)=C/Cc1cc(F)cc2oc(C)c(C)c(=O)c12. The van der Waals surface area contributed by atoms with E-state index in [1.165, 1.54) is 23.3 Å². The molecule has 0 atom stereocenters. The van der Waals surface area contributed by atoms with Crippen LogP contribution in [0.1, 0.15) is 50.5 Å². The van der Waals surface area contributed by atoms with E-state index in [9.17, 15) is 9.18 Å². The summed E-state index contributed by atoms with van der Waals surface area (Å²) in [5.41, 5.74) is 4.07. The van der Waals surface area contributed by atoms with Crippen LogP contribution in [0.15, 0.2) is 44.6 Å². The van der Waals surface area contributed by atoms with Crippen molar-refractivity contribution in [2.45, 2.75) is 53.9 Å². The van der Waals surface area contributed by atoms with Gasteiger partial charge in [0.15, 0.2) is 5.43 Å². The molecule has 2 nitrogen and oxygen atoms in total. The van der Waals surface area contributed by atoms with E-state index < -0.39 is 0 Å². The molecule has 0 spiro atoms. The Bertz CT molecular complexity index is 866. The van der Waals surface area contributed by atoms with Crippen LogP contribution in [0.2, 0.25) is 0 Å². The van der Waals surface area contributed by atoms with Crippen LogP contribution >= 0.6 is 0 Å². The lowest BCUT2D eigenvalue weighted by molar-refractivity contribution is 0.551. The van der Waals surface area contributed by atoms with Gasteiger partial charge in [0.25, 0.3) is 0 Å². The molecule has 0 aliphatic rings. The van der Waals surface area contributed by atoms with Crippen molar-refractivity contribution < 1.29 is 8.81 Å². The molecule has 2 rings (SSSR count). The minimum absolute atomic E-state index is 0.0701. The second kappa shape index (κ2) is 7.61. The zero-order chi connectivity index (χ0) is 17.9. The Morgan fingerprint density at radius 2 is 1.88 bits per heavy atom. The molecule has 0 fully saturated rings. The Morgan fingerprint density at radius 3 is 2.54 bits per heavy atom. The molecule has 1 heterocycles. The monoisotopic (exact) mass is 328 g/mol. The quantitative estimate of drug-likeness (QED) is 0.651. The molecule has 0 amide bonds. The topological polar surface area (TPSA) is 30.2 Å².